The van der Waals surface area contributed by atoms with Gasteiger partial charge in [-0.1, -0.05) is 30.7 Å². The molecule has 1 saturated heterocycles. The molecule has 0 aliphatic carbocycles. The van der Waals surface area contributed by atoms with Gasteiger partial charge in [0.05, 0.1) is 6.61 Å². The Morgan fingerprint density at radius 2 is 1.43 bits per heavy atom. The Morgan fingerprint density at radius 3 is 2.14 bits per heavy atom. The van der Waals surface area contributed by atoms with Crippen molar-refractivity contribution < 1.29 is 28.6 Å². The van der Waals surface area contributed by atoms with Gasteiger partial charge in [-0.3, -0.25) is 14.4 Å². The van der Waals surface area contributed by atoms with Crippen molar-refractivity contribution in [2.45, 2.75) is 39.5 Å². The Hall–Kier alpha value is -4.49. The summed E-state index contributed by atoms with van der Waals surface area (Å²) in [6, 6.07) is 23.3. The van der Waals surface area contributed by atoms with Crippen molar-refractivity contribution in [1.82, 2.24) is 4.90 Å². The molecular weight excluding hydrogens is 530 g/mol. The molecule has 7 heteroatoms. The minimum absolute atomic E-state index is 0.162. The molecule has 1 aliphatic rings. The Morgan fingerprint density at radius 1 is 0.738 bits per heavy atom. The topological polar surface area (TPSA) is 82.1 Å². The summed E-state index contributed by atoms with van der Waals surface area (Å²) in [4.78, 5) is 39.7. The van der Waals surface area contributed by atoms with E-state index in [1.54, 1.807) is 48.5 Å². The lowest BCUT2D eigenvalue weighted by molar-refractivity contribution is -0.132. The number of ketones is 1. The molecule has 0 bridgehead atoms. The summed E-state index contributed by atoms with van der Waals surface area (Å²) in [6.07, 6.45) is 4.84. The number of fused-ring (bicyclic) bond motifs is 1. The highest BCUT2D eigenvalue weighted by Crippen LogP contribution is 2.35. The number of rotatable bonds is 10. The predicted molar refractivity (Wildman–Crippen MR) is 162 cm³/mol. The van der Waals surface area contributed by atoms with Gasteiger partial charge in [0, 0.05) is 31.5 Å². The van der Waals surface area contributed by atoms with E-state index in [1.807, 2.05) is 30.3 Å². The first-order valence-corrected chi connectivity index (χ1v) is 14.4. The highest BCUT2D eigenvalue weighted by atomic mass is 16.5. The molecule has 0 spiro atoms. The number of likely N-dealkylation sites (tertiary alicyclic amines) is 1. The van der Waals surface area contributed by atoms with Crippen LogP contribution in [0.4, 0.5) is 0 Å². The number of carbonyl (C=O) groups excluding carboxylic acids is 3. The molecule has 1 aliphatic heterocycles. The molecule has 4 aromatic carbocycles. The summed E-state index contributed by atoms with van der Waals surface area (Å²) in [7, 11) is 0. The van der Waals surface area contributed by atoms with E-state index in [2.05, 4.69) is 4.90 Å². The molecule has 0 amide bonds. The third-order valence-electron chi connectivity index (χ3n) is 7.34. The van der Waals surface area contributed by atoms with Gasteiger partial charge in [0.2, 0.25) is 0 Å². The molecule has 0 unspecified atom stereocenters. The van der Waals surface area contributed by atoms with E-state index < -0.39 is 11.9 Å². The van der Waals surface area contributed by atoms with Crippen LogP contribution in [0.15, 0.2) is 78.9 Å². The molecule has 0 saturated carbocycles. The van der Waals surface area contributed by atoms with E-state index in [-0.39, 0.29) is 5.78 Å². The highest BCUT2D eigenvalue weighted by molar-refractivity contribution is 6.20. The number of nitrogens with zero attached hydrogens (tertiary/aromatic N) is 1. The van der Waals surface area contributed by atoms with Gasteiger partial charge in [-0.15, -0.1) is 0 Å². The molecule has 4 aromatic rings. The van der Waals surface area contributed by atoms with Crippen molar-refractivity contribution >= 4 is 28.5 Å². The zero-order valence-electron chi connectivity index (χ0n) is 24.1. The third kappa shape index (κ3) is 7.22. The predicted octanol–water partition coefficient (Wildman–Crippen LogP) is 6.84. The van der Waals surface area contributed by atoms with Crippen LogP contribution in [0, 0.1) is 0 Å². The van der Waals surface area contributed by atoms with Gasteiger partial charge in [0.25, 0.3) is 0 Å². The lowest BCUT2D eigenvalue weighted by Gasteiger charge is -2.26. The van der Waals surface area contributed by atoms with Gasteiger partial charge >= 0.3 is 11.9 Å². The van der Waals surface area contributed by atoms with Crippen molar-refractivity contribution in [2.75, 3.05) is 26.2 Å². The molecule has 0 radical (unpaired) electrons. The normalized spacial score (nSPS) is 13.5. The average Bonchev–Trinajstić information content (AvgIpc) is 2.99. The second-order valence-electron chi connectivity index (χ2n) is 10.5. The van der Waals surface area contributed by atoms with E-state index in [0.717, 1.165) is 29.7 Å². The molecule has 0 atom stereocenters. The smallest absolute Gasteiger partial charge is 0.308 e. The maximum Gasteiger partial charge on any atom is 0.308 e. The standard InChI is InChI=1S/C35H35NO6/c1-24(37)41-30-9-6-8-27(22-30)32-16-12-28-23-31(42-25(2)38)15-17-33(28)34(32)35(39)26-10-13-29(14-11-26)40-21-7-20-36-18-4-3-5-19-36/h6,8-17,22-23H,3-5,7,18-21H2,1-2H3. The zero-order chi connectivity index (χ0) is 29.5. The first-order valence-electron chi connectivity index (χ1n) is 14.4. The van der Waals surface area contributed by atoms with Crippen LogP contribution >= 0.6 is 0 Å². The lowest BCUT2D eigenvalue weighted by Crippen LogP contribution is -2.31. The minimum Gasteiger partial charge on any atom is -0.494 e. The molecule has 216 valence electrons. The van der Waals surface area contributed by atoms with Crippen LogP contribution in [-0.4, -0.2) is 48.9 Å². The van der Waals surface area contributed by atoms with Crippen molar-refractivity contribution in [1.29, 1.82) is 0 Å². The fraction of sp³-hybridized carbons (Fsp3) is 0.286. The largest absolute Gasteiger partial charge is 0.494 e. The summed E-state index contributed by atoms with van der Waals surface area (Å²) in [5, 5.41) is 1.47. The lowest BCUT2D eigenvalue weighted by atomic mass is 9.89. The van der Waals surface area contributed by atoms with E-state index >= 15 is 0 Å². The van der Waals surface area contributed by atoms with E-state index in [1.165, 1.54) is 46.2 Å². The summed E-state index contributed by atoms with van der Waals surface area (Å²) in [5.74, 6) is 0.520. The van der Waals surface area contributed by atoms with Crippen molar-refractivity contribution in [3.63, 3.8) is 0 Å². The van der Waals surface area contributed by atoms with Crippen LogP contribution in [0.25, 0.3) is 21.9 Å². The molecule has 1 heterocycles. The summed E-state index contributed by atoms with van der Waals surface area (Å²) >= 11 is 0. The molecular formula is C35H35NO6. The second-order valence-corrected chi connectivity index (χ2v) is 10.5. The Bertz CT molecular complexity index is 1590. The van der Waals surface area contributed by atoms with Crippen LogP contribution in [0.1, 0.15) is 55.5 Å². The van der Waals surface area contributed by atoms with E-state index in [0.29, 0.717) is 40.2 Å². The number of ether oxygens (including phenoxy) is 3. The number of esters is 2. The Labute approximate surface area is 246 Å². The number of piperidine rings is 1. The van der Waals surface area contributed by atoms with Crippen LogP contribution in [-0.2, 0) is 9.59 Å². The Kier molecular flexibility index (Phi) is 9.29. The molecule has 0 aromatic heterocycles. The minimum atomic E-state index is -0.422. The van der Waals surface area contributed by atoms with Crippen LogP contribution < -0.4 is 14.2 Å². The van der Waals surface area contributed by atoms with Gasteiger partial charge in [0.1, 0.15) is 17.2 Å². The quantitative estimate of drug-likeness (QED) is 0.0901. The maximum absolute atomic E-state index is 14.1. The molecule has 5 rings (SSSR count). The van der Waals surface area contributed by atoms with Gasteiger partial charge < -0.3 is 19.1 Å². The van der Waals surface area contributed by atoms with Gasteiger partial charge in [-0.05, 0) is 109 Å². The maximum atomic E-state index is 14.1. The second kappa shape index (κ2) is 13.4. The molecule has 7 nitrogen and oxygen atoms in total. The monoisotopic (exact) mass is 565 g/mol. The molecule has 1 fully saturated rings. The highest BCUT2D eigenvalue weighted by Gasteiger charge is 2.20. The summed E-state index contributed by atoms with van der Waals surface area (Å²) < 4.78 is 16.5. The SMILES string of the molecule is CC(=O)Oc1cccc(-c2ccc3cc(OC(C)=O)ccc3c2C(=O)c2ccc(OCCCN3CCCCC3)cc2)c1. The zero-order valence-corrected chi connectivity index (χ0v) is 24.1. The first-order chi connectivity index (χ1) is 20.4. The van der Waals surface area contributed by atoms with Crippen LogP contribution in [0.5, 0.6) is 17.2 Å². The molecule has 0 N–H and O–H groups in total. The number of benzene rings is 4. The number of hydrogen-bond donors (Lipinski definition) is 0. The van der Waals surface area contributed by atoms with Crippen molar-refractivity contribution in [3.05, 3.63) is 90.0 Å². The summed E-state index contributed by atoms with van der Waals surface area (Å²) in [5.41, 5.74) is 2.44. The number of carbonyl (C=O) groups is 3. The van der Waals surface area contributed by atoms with Crippen molar-refractivity contribution in [2.24, 2.45) is 0 Å². The average molecular weight is 566 g/mol. The number of hydrogen-bond acceptors (Lipinski definition) is 7. The Balaban J connectivity index is 1.42. The van der Waals surface area contributed by atoms with Gasteiger partial charge in [-0.2, -0.15) is 0 Å². The van der Waals surface area contributed by atoms with E-state index in [9.17, 15) is 14.4 Å². The van der Waals surface area contributed by atoms with Crippen LogP contribution in [0.2, 0.25) is 0 Å². The molecule has 42 heavy (non-hydrogen) atoms. The first kappa shape index (κ1) is 29.0. The van der Waals surface area contributed by atoms with Crippen LogP contribution in [0.3, 0.4) is 0 Å². The van der Waals surface area contributed by atoms with E-state index in [4.69, 9.17) is 14.2 Å². The van der Waals surface area contributed by atoms with Crippen molar-refractivity contribution in [3.8, 4) is 28.4 Å². The summed E-state index contributed by atoms with van der Waals surface area (Å²) in [6.45, 7) is 6.71. The fourth-order valence-electron chi connectivity index (χ4n) is 5.42. The van der Waals surface area contributed by atoms with Gasteiger partial charge in [-0.25, -0.2) is 0 Å². The third-order valence-corrected chi connectivity index (χ3v) is 7.34. The van der Waals surface area contributed by atoms with Gasteiger partial charge in [0.15, 0.2) is 5.78 Å². The fourth-order valence-corrected chi connectivity index (χ4v) is 5.42.